The van der Waals surface area contributed by atoms with E-state index in [1.54, 1.807) is 0 Å². The van der Waals surface area contributed by atoms with Crippen molar-refractivity contribution in [3.05, 3.63) is 0 Å². The van der Waals surface area contributed by atoms with Gasteiger partial charge in [0.25, 0.3) is 5.97 Å². The van der Waals surface area contributed by atoms with Gasteiger partial charge in [-0.1, -0.05) is 12.8 Å². The van der Waals surface area contributed by atoms with Gasteiger partial charge in [0.1, 0.15) is 5.41 Å². The van der Waals surface area contributed by atoms with Gasteiger partial charge in [-0.3, -0.25) is 0 Å². The molecule has 0 saturated carbocycles. The molecule has 0 aliphatic rings. The minimum Gasteiger partial charge on any atom is -2.00 e. The fourth-order valence-electron chi connectivity index (χ4n) is 2.07. The molecular weight excluding hydrogens is 340 g/mol. The summed E-state index contributed by atoms with van der Waals surface area (Å²) in [4.78, 5) is 10.9. The molecule has 0 aliphatic carbocycles. The van der Waals surface area contributed by atoms with Gasteiger partial charge in [-0.15, -0.1) is 0 Å². The van der Waals surface area contributed by atoms with Crippen LogP contribution >= 0.6 is 0 Å². The van der Waals surface area contributed by atoms with Crippen molar-refractivity contribution >= 4 is 15.6 Å². The SMILES string of the molecule is CCOC(CCCCCCC(=O)[SiH3])(OCC)OCC.[O-2].[O-2].[Ti+4]. The third kappa shape index (κ3) is 15.3. The first kappa shape index (κ1) is 30.3. The van der Waals surface area contributed by atoms with Crippen molar-refractivity contribution in [3.8, 4) is 0 Å². The summed E-state index contributed by atoms with van der Waals surface area (Å²) in [5, 5.41) is 0.410. The van der Waals surface area contributed by atoms with Crippen molar-refractivity contribution in [2.24, 2.45) is 0 Å². The molecule has 0 radical (unpaired) electrons. The largest absolute Gasteiger partial charge is 4.00 e. The van der Waals surface area contributed by atoms with Crippen LogP contribution in [-0.4, -0.2) is 41.4 Å². The van der Waals surface area contributed by atoms with Crippen molar-refractivity contribution < 1.29 is 51.7 Å². The molecule has 0 heterocycles. The van der Waals surface area contributed by atoms with E-state index in [2.05, 4.69) is 0 Å². The Morgan fingerprint density at radius 2 is 1.27 bits per heavy atom. The zero-order chi connectivity index (χ0) is 14.6. The topological polar surface area (TPSA) is 102 Å². The van der Waals surface area contributed by atoms with E-state index in [0.717, 1.165) is 38.5 Å². The molecule has 0 amide bonds. The Balaban J connectivity index is -0.000000540. The maximum Gasteiger partial charge on any atom is 4.00 e. The van der Waals surface area contributed by atoms with Gasteiger partial charge in [0.2, 0.25) is 0 Å². The van der Waals surface area contributed by atoms with Crippen molar-refractivity contribution in [3.63, 3.8) is 0 Å². The zero-order valence-electron chi connectivity index (χ0n) is 14.3. The third-order valence-electron chi connectivity index (χ3n) is 2.85. The van der Waals surface area contributed by atoms with Crippen molar-refractivity contribution in [2.45, 2.75) is 65.3 Å². The molecule has 0 aliphatic heterocycles. The van der Waals surface area contributed by atoms with Gasteiger partial charge in [0, 0.05) is 32.7 Å². The van der Waals surface area contributed by atoms with E-state index in [0.29, 0.717) is 35.5 Å². The molecule has 0 saturated heterocycles. The maximum absolute atomic E-state index is 10.9. The summed E-state index contributed by atoms with van der Waals surface area (Å²) in [5.74, 6) is -0.869. The van der Waals surface area contributed by atoms with Gasteiger partial charge in [-0.25, -0.2) is 0 Å². The van der Waals surface area contributed by atoms with Gasteiger partial charge < -0.3 is 30.0 Å². The second-order valence-electron chi connectivity index (χ2n) is 4.60. The van der Waals surface area contributed by atoms with Gasteiger partial charge >= 0.3 is 21.7 Å². The molecule has 0 aromatic carbocycles. The predicted octanol–water partition coefficient (Wildman–Crippen LogP) is 1.74. The third-order valence-corrected chi connectivity index (χ3v) is 3.35. The molecule has 0 aromatic heterocycles. The fourth-order valence-corrected chi connectivity index (χ4v) is 2.42. The Bertz CT molecular complexity index is 226. The zero-order valence-corrected chi connectivity index (χ0v) is 17.9. The monoisotopic (exact) mass is 370 g/mol. The van der Waals surface area contributed by atoms with E-state index >= 15 is 0 Å². The number of ether oxygens (including phenoxy) is 3. The summed E-state index contributed by atoms with van der Waals surface area (Å²) >= 11 is 0. The van der Waals surface area contributed by atoms with Crippen LogP contribution in [0.5, 0.6) is 0 Å². The van der Waals surface area contributed by atoms with Gasteiger partial charge in [-0.05, 0) is 33.6 Å². The molecule has 0 rings (SSSR count). The molecule has 0 spiro atoms. The second-order valence-corrected chi connectivity index (χ2v) is 5.71. The molecule has 22 heavy (non-hydrogen) atoms. The Morgan fingerprint density at radius 1 is 0.864 bits per heavy atom. The molecule has 0 N–H and O–H groups in total. The second kappa shape index (κ2) is 19.4. The predicted molar refractivity (Wildman–Crippen MR) is 81.6 cm³/mol. The maximum atomic E-state index is 10.9. The number of hydrogen-bond acceptors (Lipinski definition) is 4. The Labute approximate surface area is 152 Å². The van der Waals surface area contributed by atoms with Gasteiger partial charge in [0.15, 0.2) is 0 Å². The number of carbonyl (C=O) groups is 1. The summed E-state index contributed by atoms with van der Waals surface area (Å²) < 4.78 is 17.0. The van der Waals surface area contributed by atoms with E-state index in [-0.39, 0.29) is 32.7 Å². The van der Waals surface area contributed by atoms with E-state index < -0.39 is 5.97 Å². The summed E-state index contributed by atoms with van der Waals surface area (Å²) in [7, 11) is 0.684. The number of rotatable bonds is 13. The van der Waals surface area contributed by atoms with Crippen LogP contribution in [-0.2, 0) is 51.7 Å². The van der Waals surface area contributed by atoms with Crippen molar-refractivity contribution in [1.29, 1.82) is 0 Å². The normalized spacial score (nSPS) is 10.3. The van der Waals surface area contributed by atoms with Crippen LogP contribution in [0.3, 0.4) is 0 Å². The van der Waals surface area contributed by atoms with E-state index in [1.165, 1.54) is 0 Å². The number of carbonyl (C=O) groups excluding carboxylic acids is 1. The Kier molecular flexibility index (Phi) is 26.8. The van der Waals surface area contributed by atoms with Gasteiger partial charge in [-0.2, -0.15) is 0 Å². The summed E-state index contributed by atoms with van der Waals surface area (Å²) in [5.41, 5.74) is 0. The molecular formula is C14H30O6SiTi. The van der Waals surface area contributed by atoms with E-state index in [4.69, 9.17) is 14.2 Å². The quantitative estimate of drug-likeness (QED) is 0.280. The van der Waals surface area contributed by atoms with Crippen LogP contribution in [0, 0.1) is 0 Å². The molecule has 0 unspecified atom stereocenters. The standard InChI is InChI=1S/C14H30O4Si.2O.Ti/c1-4-16-14(17-5-2,18-6-3)12-10-8-7-9-11-13(15)19;;;/h4-12H2,1-3,19H3;;;/q;2*-2;+4. The van der Waals surface area contributed by atoms with Crippen LogP contribution in [0.1, 0.15) is 59.3 Å². The summed E-state index contributed by atoms with van der Waals surface area (Å²) in [6.07, 6.45) is 5.68. The molecule has 130 valence electrons. The van der Waals surface area contributed by atoms with Crippen LogP contribution in [0.4, 0.5) is 0 Å². The van der Waals surface area contributed by atoms with Crippen molar-refractivity contribution in [1.82, 2.24) is 0 Å². The number of unbranched alkanes of at least 4 members (excludes halogenated alkanes) is 3. The van der Waals surface area contributed by atoms with Crippen molar-refractivity contribution in [2.75, 3.05) is 19.8 Å². The van der Waals surface area contributed by atoms with Gasteiger partial charge in [0.05, 0.1) is 10.2 Å². The molecule has 0 bridgehead atoms. The molecule has 0 fully saturated rings. The number of hydrogen-bond donors (Lipinski definition) is 0. The van der Waals surface area contributed by atoms with Crippen LogP contribution in [0.25, 0.3) is 0 Å². The van der Waals surface area contributed by atoms with Crippen LogP contribution in [0.2, 0.25) is 0 Å². The minimum atomic E-state index is -0.869. The molecule has 6 nitrogen and oxygen atoms in total. The first-order valence-corrected chi connectivity index (χ1v) is 8.51. The molecule has 0 atom stereocenters. The first-order valence-electron chi connectivity index (χ1n) is 7.51. The molecule has 0 aromatic rings. The van der Waals surface area contributed by atoms with E-state index in [1.807, 2.05) is 20.8 Å². The smallest absolute Gasteiger partial charge is 2.00 e. The molecule has 8 heteroatoms. The minimum absolute atomic E-state index is 0. The summed E-state index contributed by atoms with van der Waals surface area (Å²) in [6, 6.07) is 0. The fraction of sp³-hybridized carbons (Fsp3) is 0.929. The summed E-state index contributed by atoms with van der Waals surface area (Å²) in [6.45, 7) is 7.58. The average Bonchev–Trinajstić information content (AvgIpc) is 2.34. The first-order chi connectivity index (χ1) is 9.10. The average molecular weight is 370 g/mol. The Morgan fingerprint density at radius 3 is 1.64 bits per heavy atom. The van der Waals surface area contributed by atoms with Crippen LogP contribution < -0.4 is 0 Å². The Hall–Kier alpha value is 0.401. The van der Waals surface area contributed by atoms with E-state index in [9.17, 15) is 4.79 Å². The van der Waals surface area contributed by atoms with Crippen LogP contribution in [0.15, 0.2) is 0 Å².